The third kappa shape index (κ3) is 24.9. The van der Waals surface area contributed by atoms with Crippen LogP contribution in [-0.4, -0.2) is 191 Å². The zero-order valence-corrected chi connectivity index (χ0v) is 52.8. The number of nitrogens with one attached hydrogen (secondary N) is 8. The van der Waals surface area contributed by atoms with Crippen LogP contribution in [-0.2, 0) is 67.1 Å². The van der Waals surface area contributed by atoms with E-state index in [0.717, 1.165) is 61.2 Å². The maximum atomic E-state index is 14.7. The van der Waals surface area contributed by atoms with Crippen molar-refractivity contribution in [3.05, 3.63) is 11.8 Å². The van der Waals surface area contributed by atoms with Gasteiger partial charge in [0.2, 0.25) is 59.1 Å². The number of fused-ring (bicyclic) bond motifs is 1. The minimum atomic E-state index is -2.02. The van der Waals surface area contributed by atoms with Gasteiger partial charge in [0.25, 0.3) is 11.8 Å². The Balaban J connectivity index is 2.73. The van der Waals surface area contributed by atoms with Crippen LogP contribution in [0.2, 0.25) is 0 Å². The number of hydrogen-bond acceptors (Lipinski definition) is 16. The van der Waals surface area contributed by atoms with E-state index in [2.05, 4.69) is 42.5 Å². The molecule has 12 amide bonds. The predicted molar refractivity (Wildman–Crippen MR) is 319 cm³/mol. The van der Waals surface area contributed by atoms with E-state index in [1.807, 2.05) is 6.92 Å². The quantitative estimate of drug-likeness (QED) is 0.0407. The lowest BCUT2D eigenvalue weighted by Crippen LogP contribution is -2.62. The fraction of sp³-hybridized carbons (Fsp3) is 0.746. The number of nitrogens with two attached hydrogens (primary N) is 2. The van der Waals surface area contributed by atoms with Gasteiger partial charge < -0.3 is 78.8 Å². The summed E-state index contributed by atoms with van der Waals surface area (Å²) in [4.78, 5) is 180. The summed E-state index contributed by atoms with van der Waals surface area (Å²) in [7, 11) is 2.41. The molecule has 2 aliphatic rings. The fourth-order valence-corrected chi connectivity index (χ4v) is 10.2. The zero-order chi connectivity index (χ0) is 65.8. The van der Waals surface area contributed by atoms with E-state index in [0.29, 0.717) is 25.7 Å². The molecular weight excluding hydrogens is 1130 g/mol. The van der Waals surface area contributed by atoms with Crippen molar-refractivity contribution < 1.29 is 77.3 Å². The smallest absolute Gasteiger partial charge is 0.268 e. The van der Waals surface area contributed by atoms with Gasteiger partial charge in [-0.25, -0.2) is 0 Å². The van der Waals surface area contributed by atoms with Crippen LogP contribution in [0.4, 0.5) is 0 Å². The topological polar surface area (TPSA) is 426 Å². The molecule has 2 rings (SSSR count). The average Bonchev–Trinajstić information content (AvgIpc) is 2.29. The minimum Gasteiger partial charge on any atom is -0.391 e. The summed E-state index contributed by atoms with van der Waals surface area (Å²) in [5.74, 6) is -13.4. The molecule has 0 aromatic heterocycles. The van der Waals surface area contributed by atoms with Crippen LogP contribution in [0.25, 0.3) is 0 Å². The molecule has 0 aliphatic carbocycles. The fourth-order valence-electron chi connectivity index (χ4n) is 10.2. The van der Waals surface area contributed by atoms with E-state index in [1.54, 1.807) is 20.8 Å². The van der Waals surface area contributed by atoms with Gasteiger partial charge in [0.1, 0.15) is 53.8 Å². The molecule has 2 heterocycles. The molecule has 2 aliphatic heterocycles. The number of allylic oxidation sites excluding steroid dienone is 1. The average molecular weight is 1230 g/mol. The summed E-state index contributed by atoms with van der Waals surface area (Å²) >= 11 is 0. The number of carbonyl (C=O) groups is 13. The van der Waals surface area contributed by atoms with Crippen molar-refractivity contribution in [2.24, 2.45) is 29.2 Å². The number of Topliss-reactive ketones (excluding diaryl/α,β-unsaturated/α-hetero) is 1. The van der Waals surface area contributed by atoms with Crippen LogP contribution in [0.15, 0.2) is 11.8 Å². The molecule has 0 saturated carbocycles. The molecule has 0 aromatic carbocycles. The summed E-state index contributed by atoms with van der Waals surface area (Å²) < 4.78 is 5.43. The number of amides is 12. The van der Waals surface area contributed by atoms with Crippen LogP contribution in [0.3, 0.4) is 0 Å². The van der Waals surface area contributed by atoms with Crippen LogP contribution >= 0.6 is 0 Å². The van der Waals surface area contributed by atoms with Gasteiger partial charge in [-0.3, -0.25) is 62.3 Å². The molecule has 28 heteroatoms. The summed E-state index contributed by atoms with van der Waals surface area (Å²) in [5, 5.41) is 42.7. The van der Waals surface area contributed by atoms with Crippen LogP contribution in [0.5, 0.6) is 0 Å². The predicted octanol–water partition coefficient (Wildman–Crippen LogP) is -1.00. The Morgan fingerprint density at radius 3 is 1.80 bits per heavy atom. The molecule has 0 spiro atoms. The maximum Gasteiger partial charge on any atom is 0.268 e. The molecule has 0 unspecified atom stereocenters. The third-order valence-electron chi connectivity index (χ3n) is 15.8. The van der Waals surface area contributed by atoms with Gasteiger partial charge in [-0.15, -0.1) is 0 Å². The summed E-state index contributed by atoms with van der Waals surface area (Å²) in [6.07, 6.45) is 4.43. The number of aliphatic hydroxyl groups is 2. The molecule has 12 atom stereocenters. The second-order valence-electron chi connectivity index (χ2n) is 23.6. The highest BCUT2D eigenvalue weighted by molar-refractivity contribution is 6.03. The number of nitrogens with zero attached hydrogens (tertiary/aromatic N) is 2. The second kappa shape index (κ2) is 38.3. The van der Waals surface area contributed by atoms with E-state index in [4.69, 9.17) is 16.2 Å². The normalized spacial score (nSPS) is 25.8. The lowest BCUT2D eigenvalue weighted by Gasteiger charge is -2.36. The van der Waals surface area contributed by atoms with E-state index in [9.17, 15) is 72.5 Å². The number of hydrogen-bond donors (Lipinski definition) is 12. The molecule has 2 fully saturated rings. The first-order chi connectivity index (χ1) is 40.9. The van der Waals surface area contributed by atoms with Gasteiger partial charge >= 0.3 is 0 Å². The number of aliphatic hydroxyl groups excluding tert-OH is 2. The van der Waals surface area contributed by atoms with Crippen molar-refractivity contribution in [2.75, 3.05) is 27.2 Å². The highest BCUT2D eigenvalue weighted by Gasteiger charge is 2.44. The van der Waals surface area contributed by atoms with Crippen molar-refractivity contribution in [1.82, 2.24) is 52.3 Å². The Hall–Kier alpha value is -7.07. The highest BCUT2D eigenvalue weighted by atomic mass is 16.5. The molecule has 28 nitrogen and oxygen atoms in total. The first-order valence-corrected chi connectivity index (χ1v) is 30.5. The number of unbranched alkanes of at least 4 members (excludes halogenated alkanes) is 7. The lowest BCUT2D eigenvalue weighted by molar-refractivity contribution is -0.151. The number of likely N-dealkylation sites (N-methyl/N-ethyl adjacent to an activating group) is 1. The van der Waals surface area contributed by atoms with E-state index < -0.39 is 187 Å². The Bertz CT molecular complexity index is 2420. The van der Waals surface area contributed by atoms with Crippen molar-refractivity contribution >= 4 is 76.7 Å². The van der Waals surface area contributed by atoms with E-state index in [1.165, 1.54) is 54.9 Å². The first kappa shape index (κ1) is 76.0. The Kier molecular flexibility index (Phi) is 33.4. The van der Waals surface area contributed by atoms with Crippen LogP contribution < -0.4 is 54.0 Å². The number of ether oxygens (including phenoxy) is 1. The monoisotopic (exact) mass is 1230 g/mol. The van der Waals surface area contributed by atoms with Gasteiger partial charge in [0.15, 0.2) is 6.10 Å². The number of rotatable bonds is 24. The Morgan fingerprint density at radius 2 is 1.24 bits per heavy atom. The van der Waals surface area contributed by atoms with Gasteiger partial charge in [0.05, 0.1) is 31.2 Å². The molecule has 0 aromatic rings. The molecule has 492 valence electrons. The van der Waals surface area contributed by atoms with Crippen molar-refractivity contribution in [3.8, 4) is 0 Å². The highest BCUT2D eigenvalue weighted by Crippen LogP contribution is 2.25. The van der Waals surface area contributed by atoms with E-state index >= 15 is 0 Å². The lowest BCUT2D eigenvalue weighted by atomic mass is 9.90. The van der Waals surface area contributed by atoms with Gasteiger partial charge in [-0.1, -0.05) is 92.6 Å². The first-order valence-electron chi connectivity index (χ1n) is 30.5. The zero-order valence-electron chi connectivity index (χ0n) is 52.8. The van der Waals surface area contributed by atoms with Gasteiger partial charge in [-0.2, -0.15) is 0 Å². The Morgan fingerprint density at radius 1 is 0.667 bits per heavy atom. The largest absolute Gasteiger partial charge is 0.391 e. The second-order valence-corrected chi connectivity index (χ2v) is 23.6. The standard InChI is InChI=1S/C59H100N12O16/c1-12-14-24-37(73)25-21-19-17-15-16-18-20-23-34(7)47-50(77)57(84)67-46(33(5)6)54(81)63-38(13-2)52(79)69-48(35(8)72)56(83)66-45(32(3)4)55(82)64-39(27-28-42(60)74)51(78)62-31-44(76)65-49(36(9)87-11)59(86)70(10)41(30-43(61)75)58(85)71-29-22-26-40(71)53(80)68-47/h13,32-36,39-41,45-50,72,77H,12,14-31H2,1-11H3,(H2,60,74)(H2,61,75)(H,62,78)(H,63,81)(H,64,82)(H,65,76)(H,66,83)(H,67,84)(H,68,80)(H,69,79)/b38-13+/t34-,35-,36-,39-,40-,41-,45-,46-,47+,48-,49-,50+/m0/s1. The van der Waals surface area contributed by atoms with Crippen LogP contribution in [0.1, 0.15) is 171 Å². The van der Waals surface area contributed by atoms with Crippen molar-refractivity contribution in [3.63, 3.8) is 0 Å². The molecule has 2 saturated heterocycles. The summed E-state index contributed by atoms with van der Waals surface area (Å²) in [6, 6.07) is -12.1. The maximum absolute atomic E-state index is 14.7. The SMILES string of the molecule is C/C=C1/NC(=O)[C@H](C(C)C)NC(=O)[C@H](O)[C@@H]([C@@H](C)CCCCCCCCCC(=O)CCCC)NC(=O)[C@@H]2CCCN2C(=O)[C@H](CC(N)=O)N(C)C(=O)[C@H]([C@H](C)OC)NC(=O)CNC(=O)[C@H](CCC(N)=O)NC(=O)[C@H](C(C)C)NC(=O)[C@H]([C@H](C)O)NC1=O. The molecule has 87 heavy (non-hydrogen) atoms. The molecule has 0 radical (unpaired) electrons. The summed E-state index contributed by atoms with van der Waals surface area (Å²) in [5.41, 5.74) is 10.6. The Labute approximate surface area is 511 Å². The third-order valence-corrected chi connectivity index (χ3v) is 15.8. The van der Waals surface area contributed by atoms with Crippen LogP contribution in [0, 0.1) is 17.8 Å². The molecule has 14 N–H and O–H groups in total. The summed E-state index contributed by atoms with van der Waals surface area (Å²) in [6.45, 7) is 13.1. The van der Waals surface area contributed by atoms with Gasteiger partial charge in [0, 0.05) is 40.0 Å². The van der Waals surface area contributed by atoms with Crippen molar-refractivity contribution in [2.45, 2.75) is 238 Å². The number of ketones is 1. The van der Waals surface area contributed by atoms with Crippen molar-refractivity contribution in [1.29, 1.82) is 0 Å². The minimum absolute atomic E-state index is 0.0378. The number of carbonyl (C=O) groups excluding carboxylic acids is 13. The van der Waals surface area contributed by atoms with E-state index in [-0.39, 0.29) is 25.2 Å². The van der Waals surface area contributed by atoms with Gasteiger partial charge in [-0.05, 0) is 77.0 Å². The molecular formula is C59H100N12O16. The number of methoxy groups -OCH3 is 1. The number of primary amides is 2. The molecule has 0 bridgehead atoms.